The van der Waals surface area contributed by atoms with Gasteiger partial charge in [0.2, 0.25) is 0 Å². The number of amides is 2. The van der Waals surface area contributed by atoms with E-state index in [1.807, 2.05) is 6.26 Å². The zero-order valence-corrected chi connectivity index (χ0v) is 13.3. The topological polar surface area (TPSA) is 105 Å². The van der Waals surface area contributed by atoms with Gasteiger partial charge in [-0.15, -0.1) is 0 Å². The van der Waals surface area contributed by atoms with Crippen molar-refractivity contribution >= 4 is 29.7 Å². The smallest absolute Gasteiger partial charge is 0.326 e. The van der Waals surface area contributed by atoms with Gasteiger partial charge in [-0.2, -0.15) is 11.8 Å². The van der Waals surface area contributed by atoms with Gasteiger partial charge in [-0.1, -0.05) is 6.42 Å². The predicted octanol–water partition coefficient (Wildman–Crippen LogP) is 1.23. The molecule has 1 atom stereocenters. The Labute approximate surface area is 129 Å². The summed E-state index contributed by atoms with van der Waals surface area (Å²) in [6.45, 7) is 0.504. The quantitative estimate of drug-likeness (QED) is 0.390. The first kappa shape index (κ1) is 19.6. The number of esters is 1. The molecule has 0 rings (SSSR count). The number of methoxy groups -OCH3 is 1. The number of urea groups is 1. The molecule has 0 spiro atoms. The van der Waals surface area contributed by atoms with Crippen LogP contribution in [0.5, 0.6) is 0 Å². The summed E-state index contributed by atoms with van der Waals surface area (Å²) in [5, 5.41) is 13.9. The summed E-state index contributed by atoms with van der Waals surface area (Å²) >= 11 is 1.78. The van der Waals surface area contributed by atoms with E-state index in [9.17, 15) is 14.4 Å². The molecule has 0 aromatic carbocycles. The van der Waals surface area contributed by atoms with Crippen molar-refractivity contribution in [1.29, 1.82) is 0 Å². The average Bonchev–Trinajstić information content (AvgIpc) is 2.46. The lowest BCUT2D eigenvalue weighted by Gasteiger charge is -2.14. The van der Waals surface area contributed by atoms with Crippen LogP contribution in [0.1, 0.15) is 32.1 Å². The molecule has 0 aliphatic heterocycles. The standard InChI is InChI=1S/C13H24N2O5S/c1-20-11(16)7-6-10(12(17)18)15-13(19)14-8-4-3-5-9-21-2/h10H,3-9H2,1-2H3,(H,17,18)(H2,14,15,19)/t10-/m0/s1. The summed E-state index contributed by atoms with van der Waals surface area (Å²) in [5.41, 5.74) is 0. The van der Waals surface area contributed by atoms with E-state index < -0.39 is 24.0 Å². The molecule has 122 valence electrons. The third kappa shape index (κ3) is 10.9. The Kier molecular flexibility index (Phi) is 11.5. The molecule has 3 N–H and O–H groups in total. The zero-order chi connectivity index (χ0) is 16.1. The highest BCUT2D eigenvalue weighted by atomic mass is 32.2. The van der Waals surface area contributed by atoms with E-state index in [2.05, 4.69) is 15.4 Å². The first-order chi connectivity index (χ1) is 10.0. The predicted molar refractivity (Wildman–Crippen MR) is 81.4 cm³/mol. The molecule has 0 unspecified atom stereocenters. The SMILES string of the molecule is COC(=O)CC[C@H](NC(=O)NCCCCCSC)C(=O)O. The van der Waals surface area contributed by atoms with Crippen LogP contribution in [0.15, 0.2) is 0 Å². The number of carbonyl (C=O) groups is 3. The van der Waals surface area contributed by atoms with E-state index in [1.165, 1.54) is 7.11 Å². The minimum Gasteiger partial charge on any atom is -0.480 e. The highest BCUT2D eigenvalue weighted by Gasteiger charge is 2.20. The highest BCUT2D eigenvalue weighted by molar-refractivity contribution is 7.98. The van der Waals surface area contributed by atoms with Crippen LogP contribution in [0.2, 0.25) is 0 Å². The van der Waals surface area contributed by atoms with Crippen LogP contribution >= 0.6 is 11.8 Å². The number of carbonyl (C=O) groups excluding carboxylic acids is 2. The largest absolute Gasteiger partial charge is 0.480 e. The van der Waals surface area contributed by atoms with E-state index >= 15 is 0 Å². The van der Waals surface area contributed by atoms with Crippen LogP contribution < -0.4 is 10.6 Å². The number of ether oxygens (including phenoxy) is 1. The molecule has 0 aromatic rings. The normalized spacial score (nSPS) is 11.5. The third-order valence-electron chi connectivity index (χ3n) is 2.78. The number of hydrogen-bond acceptors (Lipinski definition) is 5. The lowest BCUT2D eigenvalue weighted by molar-refractivity contribution is -0.142. The average molecular weight is 320 g/mol. The number of carboxylic acid groups (broad SMARTS) is 1. The second kappa shape index (κ2) is 12.3. The van der Waals surface area contributed by atoms with Gasteiger partial charge in [0.25, 0.3) is 0 Å². The van der Waals surface area contributed by atoms with E-state index in [1.54, 1.807) is 11.8 Å². The molecular weight excluding hydrogens is 296 g/mol. The van der Waals surface area contributed by atoms with Gasteiger partial charge in [-0.3, -0.25) is 4.79 Å². The van der Waals surface area contributed by atoms with Gasteiger partial charge in [0, 0.05) is 13.0 Å². The molecular formula is C13H24N2O5S. The van der Waals surface area contributed by atoms with Gasteiger partial charge in [0.1, 0.15) is 6.04 Å². The summed E-state index contributed by atoms with van der Waals surface area (Å²) in [7, 11) is 1.23. The molecule has 2 amide bonds. The van der Waals surface area contributed by atoms with Crippen LogP contribution in [0, 0.1) is 0 Å². The molecule has 0 heterocycles. The van der Waals surface area contributed by atoms with E-state index in [4.69, 9.17) is 5.11 Å². The lowest BCUT2D eigenvalue weighted by atomic mass is 10.1. The van der Waals surface area contributed by atoms with Gasteiger partial charge in [0.05, 0.1) is 7.11 Å². The monoisotopic (exact) mass is 320 g/mol. The number of thioether (sulfide) groups is 1. The number of rotatable bonds is 11. The Morgan fingerprint density at radius 2 is 1.95 bits per heavy atom. The Morgan fingerprint density at radius 1 is 1.24 bits per heavy atom. The molecule has 0 radical (unpaired) electrons. The molecule has 0 aliphatic rings. The Morgan fingerprint density at radius 3 is 2.52 bits per heavy atom. The summed E-state index contributed by atoms with van der Waals surface area (Å²) in [4.78, 5) is 33.5. The maximum Gasteiger partial charge on any atom is 0.326 e. The Balaban J connectivity index is 3.90. The van der Waals surface area contributed by atoms with E-state index in [-0.39, 0.29) is 12.8 Å². The Bertz CT molecular complexity index is 339. The van der Waals surface area contributed by atoms with Gasteiger partial charge >= 0.3 is 18.0 Å². The number of hydrogen-bond donors (Lipinski definition) is 3. The van der Waals surface area contributed by atoms with Gasteiger partial charge in [-0.25, -0.2) is 9.59 Å². The zero-order valence-electron chi connectivity index (χ0n) is 12.5. The number of aliphatic carboxylic acids is 1. The molecule has 21 heavy (non-hydrogen) atoms. The number of unbranched alkanes of at least 4 members (excludes halogenated alkanes) is 2. The molecule has 0 aromatic heterocycles. The fourth-order valence-corrected chi connectivity index (χ4v) is 2.07. The number of carboxylic acids is 1. The van der Waals surface area contributed by atoms with Gasteiger partial charge < -0.3 is 20.5 Å². The Hall–Kier alpha value is -1.44. The van der Waals surface area contributed by atoms with Gasteiger partial charge in [0.15, 0.2) is 0 Å². The fraction of sp³-hybridized carbons (Fsp3) is 0.769. The van der Waals surface area contributed by atoms with E-state index in [0.717, 1.165) is 25.0 Å². The second-order valence-corrected chi connectivity index (χ2v) is 5.44. The molecule has 0 aliphatic carbocycles. The van der Waals surface area contributed by atoms with Crippen molar-refractivity contribution in [1.82, 2.24) is 10.6 Å². The summed E-state index contributed by atoms with van der Waals surface area (Å²) in [6.07, 6.45) is 4.97. The van der Waals surface area contributed by atoms with Crippen LogP contribution in [0.25, 0.3) is 0 Å². The highest BCUT2D eigenvalue weighted by Crippen LogP contribution is 2.02. The molecule has 0 bridgehead atoms. The summed E-state index contributed by atoms with van der Waals surface area (Å²) < 4.78 is 4.44. The maximum atomic E-state index is 11.6. The maximum absolute atomic E-state index is 11.6. The minimum absolute atomic E-state index is 0.00312. The molecule has 0 saturated heterocycles. The van der Waals surface area contributed by atoms with E-state index in [0.29, 0.717) is 6.54 Å². The van der Waals surface area contributed by atoms with Crippen molar-refractivity contribution in [3.63, 3.8) is 0 Å². The molecule has 8 heteroatoms. The molecule has 0 saturated carbocycles. The third-order valence-corrected chi connectivity index (χ3v) is 3.48. The van der Waals surface area contributed by atoms with Crippen molar-refractivity contribution in [2.45, 2.75) is 38.1 Å². The number of nitrogens with one attached hydrogen (secondary N) is 2. The summed E-state index contributed by atoms with van der Waals surface area (Å²) in [5.74, 6) is -0.577. The van der Waals surface area contributed by atoms with Crippen molar-refractivity contribution in [3.8, 4) is 0 Å². The second-order valence-electron chi connectivity index (χ2n) is 4.46. The van der Waals surface area contributed by atoms with Crippen molar-refractivity contribution in [2.24, 2.45) is 0 Å². The van der Waals surface area contributed by atoms with Crippen LogP contribution in [0.3, 0.4) is 0 Å². The van der Waals surface area contributed by atoms with Crippen LogP contribution in [0.4, 0.5) is 4.79 Å². The van der Waals surface area contributed by atoms with Crippen LogP contribution in [-0.4, -0.2) is 54.8 Å². The lowest BCUT2D eigenvalue weighted by Crippen LogP contribution is -2.46. The first-order valence-corrected chi connectivity index (χ1v) is 8.23. The van der Waals surface area contributed by atoms with Crippen molar-refractivity contribution < 1.29 is 24.2 Å². The summed E-state index contributed by atoms with van der Waals surface area (Å²) in [6, 6.07) is -1.63. The first-order valence-electron chi connectivity index (χ1n) is 6.84. The van der Waals surface area contributed by atoms with Crippen LogP contribution in [-0.2, 0) is 14.3 Å². The van der Waals surface area contributed by atoms with Crippen molar-refractivity contribution in [3.05, 3.63) is 0 Å². The van der Waals surface area contributed by atoms with Crippen molar-refractivity contribution in [2.75, 3.05) is 25.7 Å². The van der Waals surface area contributed by atoms with Gasteiger partial charge in [-0.05, 0) is 31.3 Å². The fourth-order valence-electron chi connectivity index (χ4n) is 1.58. The molecule has 7 nitrogen and oxygen atoms in total. The minimum atomic E-state index is -1.17. The molecule has 0 fully saturated rings.